The zero-order valence-corrected chi connectivity index (χ0v) is 17.1. The van der Waals surface area contributed by atoms with Gasteiger partial charge in [0, 0.05) is 30.8 Å². The maximum Gasteiger partial charge on any atom is 0.231 e. The molecule has 1 N–H and O–H groups in total. The Hall–Kier alpha value is -2.44. The summed E-state index contributed by atoms with van der Waals surface area (Å²) in [5, 5.41) is 3.84. The highest BCUT2D eigenvalue weighted by Crippen LogP contribution is 2.34. The Morgan fingerprint density at radius 1 is 1.00 bits per heavy atom. The Labute approximate surface area is 178 Å². The molecule has 0 aromatic heterocycles. The van der Waals surface area contributed by atoms with E-state index >= 15 is 0 Å². The van der Waals surface area contributed by atoms with E-state index in [4.69, 9.17) is 32.7 Å². The van der Waals surface area contributed by atoms with Crippen LogP contribution in [0, 0.1) is 5.92 Å². The molecule has 2 aliphatic rings. The van der Waals surface area contributed by atoms with Crippen LogP contribution in [0.1, 0.15) is 18.4 Å². The van der Waals surface area contributed by atoms with Gasteiger partial charge in [-0.3, -0.25) is 9.59 Å². The first-order valence-corrected chi connectivity index (χ1v) is 10.2. The van der Waals surface area contributed by atoms with E-state index in [0.717, 1.165) is 5.56 Å². The predicted molar refractivity (Wildman–Crippen MR) is 111 cm³/mol. The fraction of sp³-hybridized carbons (Fsp3) is 0.333. The van der Waals surface area contributed by atoms with Crippen molar-refractivity contribution >= 4 is 40.7 Å². The molecule has 0 atom stereocenters. The van der Waals surface area contributed by atoms with Crippen molar-refractivity contribution in [2.45, 2.75) is 19.3 Å². The average molecular weight is 435 g/mol. The predicted octanol–water partition coefficient (Wildman–Crippen LogP) is 4.14. The normalized spacial score (nSPS) is 16.0. The van der Waals surface area contributed by atoms with Gasteiger partial charge in [0.1, 0.15) is 0 Å². The number of amides is 2. The number of halogens is 2. The summed E-state index contributed by atoms with van der Waals surface area (Å²) in [6.45, 7) is 1.31. The Morgan fingerprint density at radius 3 is 2.52 bits per heavy atom. The maximum atomic E-state index is 12.6. The Bertz CT molecular complexity index is 942. The van der Waals surface area contributed by atoms with Crippen molar-refractivity contribution in [1.82, 2.24) is 4.90 Å². The molecule has 152 valence electrons. The van der Waals surface area contributed by atoms with E-state index in [1.807, 2.05) is 0 Å². The molecule has 0 aliphatic carbocycles. The number of ether oxygens (including phenoxy) is 2. The molecule has 0 radical (unpaired) electrons. The molecule has 0 saturated carbocycles. The second-order valence-electron chi connectivity index (χ2n) is 7.14. The summed E-state index contributed by atoms with van der Waals surface area (Å²) >= 11 is 11.9. The molecule has 2 amide bonds. The number of fused-ring (bicyclic) bond motifs is 1. The van der Waals surface area contributed by atoms with Gasteiger partial charge < -0.3 is 19.7 Å². The van der Waals surface area contributed by atoms with Crippen LogP contribution in [0.4, 0.5) is 5.69 Å². The molecule has 1 fully saturated rings. The number of hydrogen-bond acceptors (Lipinski definition) is 4. The number of anilines is 1. The summed E-state index contributed by atoms with van der Waals surface area (Å²) in [4.78, 5) is 27.0. The van der Waals surface area contributed by atoms with Gasteiger partial charge in [-0.25, -0.2) is 0 Å². The fourth-order valence-corrected chi connectivity index (χ4v) is 3.87. The van der Waals surface area contributed by atoms with Crippen LogP contribution in [0.2, 0.25) is 10.0 Å². The second-order valence-corrected chi connectivity index (χ2v) is 7.95. The lowest BCUT2D eigenvalue weighted by molar-refractivity contribution is -0.133. The first kappa shape index (κ1) is 19.9. The lowest BCUT2D eigenvalue weighted by Gasteiger charge is -2.31. The summed E-state index contributed by atoms with van der Waals surface area (Å²) < 4.78 is 10.6. The van der Waals surface area contributed by atoms with Gasteiger partial charge in [0.25, 0.3) is 0 Å². The largest absolute Gasteiger partial charge is 0.454 e. The van der Waals surface area contributed by atoms with Crippen LogP contribution in [0.25, 0.3) is 0 Å². The number of piperidine rings is 1. The van der Waals surface area contributed by atoms with E-state index < -0.39 is 0 Å². The number of nitrogens with one attached hydrogen (secondary N) is 1. The average Bonchev–Trinajstić information content (AvgIpc) is 3.18. The molecule has 0 bridgehead atoms. The molecule has 2 aliphatic heterocycles. The zero-order valence-electron chi connectivity index (χ0n) is 15.6. The number of carbonyl (C=O) groups excluding carboxylic acids is 2. The number of rotatable bonds is 4. The molecule has 2 aromatic rings. The lowest BCUT2D eigenvalue weighted by atomic mass is 9.95. The third-order valence-corrected chi connectivity index (χ3v) is 5.94. The maximum absolute atomic E-state index is 12.6. The van der Waals surface area contributed by atoms with Crippen molar-refractivity contribution in [1.29, 1.82) is 0 Å². The van der Waals surface area contributed by atoms with Crippen LogP contribution in [-0.4, -0.2) is 36.6 Å². The van der Waals surface area contributed by atoms with Crippen LogP contribution >= 0.6 is 23.2 Å². The summed E-state index contributed by atoms with van der Waals surface area (Å²) in [5.41, 5.74) is 1.50. The van der Waals surface area contributed by atoms with Crippen molar-refractivity contribution in [3.63, 3.8) is 0 Å². The molecule has 6 nitrogen and oxygen atoms in total. The van der Waals surface area contributed by atoms with Crippen molar-refractivity contribution in [2.24, 2.45) is 5.92 Å². The monoisotopic (exact) mass is 434 g/mol. The number of carbonyl (C=O) groups is 2. The number of benzene rings is 2. The highest BCUT2D eigenvalue weighted by atomic mass is 35.5. The Balaban J connectivity index is 1.28. The minimum atomic E-state index is -0.130. The lowest BCUT2D eigenvalue weighted by Crippen LogP contribution is -2.42. The number of nitrogens with zero attached hydrogens (tertiary/aromatic N) is 1. The topological polar surface area (TPSA) is 67.9 Å². The van der Waals surface area contributed by atoms with Crippen LogP contribution in [-0.2, 0) is 16.0 Å². The molecule has 2 heterocycles. The molecular formula is C21H20Cl2N2O4. The molecule has 2 aromatic carbocycles. The molecule has 0 unspecified atom stereocenters. The van der Waals surface area contributed by atoms with Crippen LogP contribution in [0.5, 0.6) is 11.5 Å². The van der Waals surface area contributed by atoms with Crippen molar-refractivity contribution in [3.05, 3.63) is 52.0 Å². The quantitative estimate of drug-likeness (QED) is 0.784. The Morgan fingerprint density at radius 2 is 1.76 bits per heavy atom. The summed E-state index contributed by atoms with van der Waals surface area (Å²) in [5.74, 6) is 1.16. The Kier molecular flexibility index (Phi) is 5.83. The second kappa shape index (κ2) is 8.51. The minimum absolute atomic E-state index is 0.0259. The van der Waals surface area contributed by atoms with E-state index in [1.165, 1.54) is 0 Å². The van der Waals surface area contributed by atoms with Gasteiger partial charge >= 0.3 is 0 Å². The van der Waals surface area contributed by atoms with Crippen molar-refractivity contribution in [3.8, 4) is 11.5 Å². The fourth-order valence-electron chi connectivity index (χ4n) is 3.55. The summed E-state index contributed by atoms with van der Waals surface area (Å²) in [7, 11) is 0. The SMILES string of the molecule is O=C(Nc1ccc2c(c1)OCO2)C1CCN(C(=O)Cc2ccc(Cl)c(Cl)c2)CC1. The van der Waals surface area contributed by atoms with E-state index in [1.54, 1.807) is 41.3 Å². The molecular weight excluding hydrogens is 415 g/mol. The van der Waals surface area contributed by atoms with Gasteiger partial charge in [-0.05, 0) is 42.7 Å². The molecule has 8 heteroatoms. The van der Waals surface area contributed by atoms with Gasteiger partial charge in [-0.2, -0.15) is 0 Å². The van der Waals surface area contributed by atoms with E-state index in [2.05, 4.69) is 5.32 Å². The summed E-state index contributed by atoms with van der Waals surface area (Å²) in [6, 6.07) is 10.5. The highest BCUT2D eigenvalue weighted by molar-refractivity contribution is 6.42. The smallest absolute Gasteiger partial charge is 0.231 e. The molecule has 4 rings (SSSR count). The zero-order chi connectivity index (χ0) is 20.4. The van der Waals surface area contributed by atoms with E-state index in [9.17, 15) is 9.59 Å². The van der Waals surface area contributed by atoms with Crippen LogP contribution in [0.15, 0.2) is 36.4 Å². The van der Waals surface area contributed by atoms with Crippen molar-refractivity contribution < 1.29 is 19.1 Å². The first-order chi connectivity index (χ1) is 14.0. The highest BCUT2D eigenvalue weighted by Gasteiger charge is 2.27. The molecule has 1 saturated heterocycles. The number of likely N-dealkylation sites (tertiary alicyclic amines) is 1. The van der Waals surface area contributed by atoms with Gasteiger partial charge in [0.2, 0.25) is 18.6 Å². The van der Waals surface area contributed by atoms with Crippen LogP contribution < -0.4 is 14.8 Å². The third-order valence-electron chi connectivity index (χ3n) is 5.20. The molecule has 29 heavy (non-hydrogen) atoms. The van der Waals surface area contributed by atoms with Crippen molar-refractivity contribution in [2.75, 3.05) is 25.2 Å². The summed E-state index contributed by atoms with van der Waals surface area (Å²) in [6.07, 6.45) is 1.53. The van der Waals surface area contributed by atoms with Gasteiger partial charge in [-0.15, -0.1) is 0 Å². The van der Waals surface area contributed by atoms with Gasteiger partial charge in [-0.1, -0.05) is 29.3 Å². The van der Waals surface area contributed by atoms with E-state index in [0.29, 0.717) is 53.2 Å². The molecule has 0 spiro atoms. The van der Waals surface area contributed by atoms with E-state index in [-0.39, 0.29) is 30.9 Å². The number of hydrogen-bond donors (Lipinski definition) is 1. The third kappa shape index (κ3) is 4.60. The first-order valence-electron chi connectivity index (χ1n) is 9.42. The van der Waals surface area contributed by atoms with Crippen LogP contribution in [0.3, 0.4) is 0 Å². The minimum Gasteiger partial charge on any atom is -0.454 e. The van der Waals surface area contributed by atoms with Gasteiger partial charge in [0.15, 0.2) is 11.5 Å². The standard InChI is InChI=1S/C21H20Cl2N2O4/c22-16-3-1-13(9-17(16)23)10-20(26)25-7-5-14(6-8-25)21(27)24-15-2-4-18-19(11-15)29-12-28-18/h1-4,9,11,14H,5-8,10,12H2,(H,24,27). The van der Waals surface area contributed by atoms with Gasteiger partial charge in [0.05, 0.1) is 16.5 Å².